The van der Waals surface area contributed by atoms with Crippen LogP contribution in [-0.2, 0) is 18.9 Å². The summed E-state index contributed by atoms with van der Waals surface area (Å²) in [6.07, 6.45) is 11.0. The summed E-state index contributed by atoms with van der Waals surface area (Å²) in [6, 6.07) is 12.8. The van der Waals surface area contributed by atoms with Crippen LogP contribution in [0.3, 0.4) is 0 Å². The van der Waals surface area contributed by atoms with Gasteiger partial charge < -0.3 is 49.1 Å². The summed E-state index contributed by atoms with van der Waals surface area (Å²) in [5, 5.41) is 15.1. The largest absolute Gasteiger partial charge is 0.491 e. The molecule has 10 heterocycles. The third kappa shape index (κ3) is 15.8. The number of rotatable bonds is 14. The summed E-state index contributed by atoms with van der Waals surface area (Å²) in [5.74, 6) is 1.94. The fourth-order valence-corrected chi connectivity index (χ4v) is 9.99. The molecule has 4 atom stereocenters. The van der Waals surface area contributed by atoms with Crippen molar-refractivity contribution >= 4 is 112 Å². The summed E-state index contributed by atoms with van der Waals surface area (Å²) in [7, 11) is 0. The van der Waals surface area contributed by atoms with Crippen molar-refractivity contribution in [3.63, 3.8) is 0 Å². The highest BCUT2D eigenvalue weighted by atomic mass is 32.1. The Bertz CT molecular complexity index is 2780. The van der Waals surface area contributed by atoms with E-state index in [0.29, 0.717) is 85.8 Å². The van der Waals surface area contributed by atoms with Crippen LogP contribution in [0.5, 0.6) is 11.5 Å². The molecule has 2 aliphatic carbocycles. The van der Waals surface area contributed by atoms with Crippen molar-refractivity contribution < 1.29 is 52.7 Å². The van der Waals surface area contributed by atoms with Gasteiger partial charge in [0.1, 0.15) is 54.3 Å². The monoisotopic (exact) mass is 1170 g/mol. The molecule has 5 N–H and O–H groups in total. The number of aromatic nitrogens is 4. The van der Waals surface area contributed by atoms with Gasteiger partial charge in [-0.25, -0.2) is 34.3 Å². The Labute approximate surface area is 488 Å². The predicted octanol–water partition coefficient (Wildman–Crippen LogP) is 7.15. The van der Waals surface area contributed by atoms with Gasteiger partial charge in [-0.3, -0.25) is 25.2 Å². The molecule has 4 amide bonds. The summed E-state index contributed by atoms with van der Waals surface area (Å²) in [5.41, 5.74) is 7.18. The van der Waals surface area contributed by atoms with Gasteiger partial charge in [-0.2, -0.15) is 54.0 Å². The second-order valence-electron chi connectivity index (χ2n) is 21.1. The zero-order valence-corrected chi connectivity index (χ0v) is 48.9. The number of fused-ring (bicyclic) bond motifs is 8. The van der Waals surface area contributed by atoms with Gasteiger partial charge in [-0.15, -0.1) is 0 Å². The molecule has 0 aromatic carbocycles. The van der Waals surface area contributed by atoms with Crippen molar-refractivity contribution in [2.24, 2.45) is 17.6 Å². The Hall–Kier alpha value is -5.32. The number of ether oxygens (including phenoxy) is 6. The van der Waals surface area contributed by atoms with Gasteiger partial charge in [-0.1, -0.05) is 12.8 Å². The molecule has 0 spiro atoms. The number of urea groups is 2. The number of anilines is 6. The van der Waals surface area contributed by atoms with Crippen LogP contribution in [0, 0.1) is 11.8 Å². The standard InChI is InChI=1S/C27H33N5O5.C22H25N5O6.C4H9N.4H2S/c1-27(2)36-16-20(37-27)15-35-19-9-11-28-24(13-19)30-26(34)32-18-10-12-31(14-18)22-7-6-21(29-25(22)32)23(33)8-5-17-3-4-17;1-22(2)32-12-15(33-22)11-31-14-5-7-23-18(9-14)25-21(30)27-13-6-8-26(10-13)17-4-3-16(20(28)29)24-19(17)27;5-3-4-1-2-4;;;;/h6-7,9,11,13,17-18,20H,3-5,8,10,12,14-16H2,1-2H3,(H,28,30,34);3-5,7,9,13,15H,6,8,10-12H2,1-2H3,(H,28,29)(H,23,25,30);4H,1-3,5H2;4*1H2/t18-,20-;13-,15-;;;;;/m00...../s1. The number of carbonyl (C=O) groups is 4. The maximum atomic E-state index is 13.5. The Morgan fingerprint density at radius 3 is 1.52 bits per heavy atom. The molecule has 79 heavy (non-hydrogen) atoms. The average molecular weight is 1170 g/mol. The van der Waals surface area contributed by atoms with Crippen molar-refractivity contribution in [3.8, 4) is 11.5 Å². The molecule has 4 saturated heterocycles. The average Bonchev–Trinajstić information content (AvgIpc) is 4.29. The van der Waals surface area contributed by atoms with E-state index in [4.69, 9.17) is 39.1 Å². The van der Waals surface area contributed by atoms with E-state index in [1.54, 1.807) is 53.7 Å². The number of carbonyl (C=O) groups excluding carboxylic acids is 3. The second kappa shape index (κ2) is 27.0. The van der Waals surface area contributed by atoms with E-state index in [9.17, 15) is 24.3 Å². The number of nitrogens with one attached hydrogen (secondary N) is 2. The number of nitrogens with two attached hydrogens (primary N) is 1. The molecule has 6 aliphatic heterocycles. The summed E-state index contributed by atoms with van der Waals surface area (Å²) < 4.78 is 34.3. The molecule has 12 rings (SSSR count). The first-order valence-electron chi connectivity index (χ1n) is 26.1. The minimum atomic E-state index is -1.14. The number of aromatic carboxylic acids is 1. The van der Waals surface area contributed by atoms with Crippen molar-refractivity contribution in [1.29, 1.82) is 0 Å². The van der Waals surface area contributed by atoms with Crippen LogP contribution in [0.2, 0.25) is 0 Å². The van der Waals surface area contributed by atoms with Crippen LogP contribution in [0.4, 0.5) is 44.2 Å². The number of carboxylic acid groups (broad SMARTS) is 1. The van der Waals surface area contributed by atoms with Crippen molar-refractivity contribution in [2.45, 2.75) is 115 Å². The highest BCUT2D eigenvalue weighted by Gasteiger charge is 2.43. The molecule has 0 unspecified atom stereocenters. The van der Waals surface area contributed by atoms with E-state index >= 15 is 0 Å². The Morgan fingerprint density at radius 2 is 1.11 bits per heavy atom. The molecular weight excluding hydrogens is 1090 g/mol. The van der Waals surface area contributed by atoms with E-state index in [0.717, 1.165) is 62.7 Å². The third-order valence-corrected chi connectivity index (χ3v) is 14.3. The van der Waals surface area contributed by atoms with Crippen LogP contribution in [0.25, 0.3) is 0 Å². The molecule has 8 aliphatic rings. The highest BCUT2D eigenvalue weighted by Crippen LogP contribution is 2.41. The maximum Gasteiger partial charge on any atom is 0.354 e. The summed E-state index contributed by atoms with van der Waals surface area (Å²) >= 11 is 0. The van der Waals surface area contributed by atoms with Crippen LogP contribution < -0.4 is 45.4 Å². The molecule has 4 aromatic rings. The molecule has 6 fully saturated rings. The zero-order chi connectivity index (χ0) is 52.4. The Balaban J connectivity index is 0.000000225. The minimum Gasteiger partial charge on any atom is -0.491 e. The first kappa shape index (κ1) is 62.9. The van der Waals surface area contributed by atoms with Crippen LogP contribution in [-0.4, -0.2) is 144 Å². The lowest BCUT2D eigenvalue weighted by Crippen LogP contribution is -2.48. The molecule has 22 nitrogen and oxygen atoms in total. The Morgan fingerprint density at radius 1 is 0.658 bits per heavy atom. The minimum absolute atomic E-state index is 0. The molecular formula is C53H75N11O11S4. The molecule has 4 bridgehead atoms. The molecule has 0 radical (unpaired) electrons. The van der Waals surface area contributed by atoms with Gasteiger partial charge in [0.05, 0.1) is 36.7 Å². The van der Waals surface area contributed by atoms with E-state index < -0.39 is 23.6 Å². The van der Waals surface area contributed by atoms with Crippen molar-refractivity contribution in [2.75, 3.05) is 89.4 Å². The smallest absolute Gasteiger partial charge is 0.354 e. The van der Waals surface area contributed by atoms with Gasteiger partial charge in [0.15, 0.2) is 34.7 Å². The number of Topliss-reactive ketones (excluding diaryl/α,β-unsaturated/α-hetero) is 1. The predicted molar refractivity (Wildman–Crippen MR) is 319 cm³/mol. The lowest BCUT2D eigenvalue weighted by atomic mass is 10.1. The fourth-order valence-electron chi connectivity index (χ4n) is 9.99. The number of nitrogens with zero attached hydrogens (tertiary/aromatic N) is 8. The highest BCUT2D eigenvalue weighted by molar-refractivity contribution is 7.59. The van der Waals surface area contributed by atoms with Gasteiger partial charge in [0.2, 0.25) is 0 Å². The quantitative estimate of drug-likeness (QED) is 0.0914. The molecule has 432 valence electrons. The van der Waals surface area contributed by atoms with Gasteiger partial charge in [0, 0.05) is 57.1 Å². The number of hydrogen-bond donors (Lipinski definition) is 4. The first-order valence-corrected chi connectivity index (χ1v) is 26.1. The number of hydrogen-bond acceptors (Lipinski definition) is 17. The van der Waals surface area contributed by atoms with Crippen molar-refractivity contribution in [1.82, 2.24) is 19.9 Å². The van der Waals surface area contributed by atoms with Crippen LogP contribution >= 0.6 is 54.0 Å². The van der Waals surface area contributed by atoms with E-state index in [-0.39, 0.29) is 95.8 Å². The van der Waals surface area contributed by atoms with Gasteiger partial charge in [0.25, 0.3) is 0 Å². The van der Waals surface area contributed by atoms with Gasteiger partial charge >= 0.3 is 18.0 Å². The molecule has 4 aromatic heterocycles. The lowest BCUT2D eigenvalue weighted by Gasteiger charge is -2.35. The number of amides is 4. The van der Waals surface area contributed by atoms with E-state index in [1.165, 1.54) is 36.6 Å². The van der Waals surface area contributed by atoms with Crippen LogP contribution in [0.15, 0.2) is 60.9 Å². The fraction of sp³-hybridized carbons (Fsp3) is 0.547. The normalized spacial score (nSPS) is 22.0. The zero-order valence-electron chi connectivity index (χ0n) is 44.9. The van der Waals surface area contributed by atoms with E-state index in [2.05, 4.69) is 35.4 Å². The number of ketones is 1. The Kier molecular flexibility index (Phi) is 21.5. The topological polar surface area (TPSA) is 258 Å². The maximum absolute atomic E-state index is 13.5. The van der Waals surface area contributed by atoms with Gasteiger partial charge in [-0.05, 0) is 115 Å². The van der Waals surface area contributed by atoms with Crippen molar-refractivity contribution in [3.05, 3.63) is 72.3 Å². The third-order valence-electron chi connectivity index (χ3n) is 14.3. The van der Waals surface area contributed by atoms with Crippen LogP contribution in [0.1, 0.15) is 100 Å². The number of pyridine rings is 4. The first-order chi connectivity index (χ1) is 36.1. The summed E-state index contributed by atoms with van der Waals surface area (Å²) in [6.45, 7) is 13.0. The number of carboxylic acids is 1. The second-order valence-corrected chi connectivity index (χ2v) is 21.1. The molecule has 2 saturated carbocycles. The lowest BCUT2D eigenvalue weighted by molar-refractivity contribution is -0.141. The SMILES string of the molecule is CC1(C)OC[C@H](COc2ccnc(NC(=O)N3c4nc(C(=O)CCC5CC5)ccc4N4CC[C@H]3C4)c2)O1.CC1(C)OC[C@H](COc2ccnc(NC(=O)N3c4nc(C(=O)O)ccc4N4CC[C@H]3C4)c2)O1.NCC1CC1.S.S.S.S. The van der Waals surface area contributed by atoms with E-state index in [1.807, 2.05) is 33.8 Å². The summed E-state index contributed by atoms with van der Waals surface area (Å²) in [4.78, 5) is 76.1. The molecule has 26 heteroatoms.